The minimum absolute atomic E-state index is 0.241. The highest BCUT2D eigenvalue weighted by atomic mass is 16.7. The predicted octanol–water partition coefficient (Wildman–Crippen LogP) is 1.17. The molecule has 2 fully saturated rings. The van der Waals surface area contributed by atoms with E-state index in [1.807, 2.05) is 0 Å². The Balaban J connectivity index is 1.64. The minimum atomic E-state index is -0.241. The van der Waals surface area contributed by atoms with Crippen LogP contribution in [0, 0.1) is 0 Å². The van der Waals surface area contributed by atoms with E-state index in [1.54, 1.807) is 0 Å². The molecule has 2 rings (SSSR count). The van der Waals surface area contributed by atoms with Gasteiger partial charge in [-0.05, 0) is 32.6 Å². The standard InChI is InChI=1S/C13H26N2O2/c1-3-14(4-2)7-5-8-15-9-6-13(12-15)16-10-11-17-13/h3-12H2,1-2H3. The number of likely N-dealkylation sites (tertiary alicyclic amines) is 1. The lowest BCUT2D eigenvalue weighted by molar-refractivity contribution is -0.145. The SMILES string of the molecule is CCN(CC)CCCN1CCC2(C1)OCCO2. The Hall–Kier alpha value is -0.160. The van der Waals surface area contributed by atoms with Gasteiger partial charge in [-0.3, -0.25) is 4.90 Å². The molecule has 0 amide bonds. The largest absolute Gasteiger partial charge is 0.346 e. The molecule has 0 aromatic rings. The van der Waals surface area contributed by atoms with Crippen LogP contribution in [0.4, 0.5) is 0 Å². The van der Waals surface area contributed by atoms with Crippen LogP contribution in [-0.2, 0) is 9.47 Å². The molecular weight excluding hydrogens is 216 g/mol. The maximum atomic E-state index is 5.73. The summed E-state index contributed by atoms with van der Waals surface area (Å²) in [7, 11) is 0. The second kappa shape index (κ2) is 6.14. The Morgan fingerprint density at radius 1 is 1.18 bits per heavy atom. The van der Waals surface area contributed by atoms with Gasteiger partial charge >= 0.3 is 0 Å². The van der Waals surface area contributed by atoms with Gasteiger partial charge in [0.2, 0.25) is 0 Å². The van der Waals surface area contributed by atoms with Gasteiger partial charge in [0.1, 0.15) is 0 Å². The molecule has 1 spiro atoms. The quantitative estimate of drug-likeness (QED) is 0.698. The van der Waals surface area contributed by atoms with Gasteiger partial charge in [-0.25, -0.2) is 0 Å². The van der Waals surface area contributed by atoms with E-state index in [4.69, 9.17) is 9.47 Å². The van der Waals surface area contributed by atoms with E-state index in [0.717, 1.165) is 45.8 Å². The molecule has 0 aliphatic carbocycles. The fraction of sp³-hybridized carbons (Fsp3) is 1.00. The summed E-state index contributed by atoms with van der Waals surface area (Å²) in [6, 6.07) is 0. The first kappa shape index (κ1) is 13.3. The van der Waals surface area contributed by atoms with Gasteiger partial charge in [-0.1, -0.05) is 13.8 Å². The number of hydrogen-bond donors (Lipinski definition) is 0. The highest BCUT2D eigenvalue weighted by Gasteiger charge is 2.42. The number of rotatable bonds is 6. The molecule has 2 heterocycles. The van der Waals surface area contributed by atoms with E-state index in [-0.39, 0.29) is 5.79 Å². The van der Waals surface area contributed by atoms with E-state index >= 15 is 0 Å². The lowest BCUT2D eigenvalue weighted by Crippen LogP contribution is -2.35. The molecule has 0 aromatic heterocycles. The van der Waals surface area contributed by atoms with E-state index in [9.17, 15) is 0 Å². The van der Waals surface area contributed by atoms with Crippen molar-refractivity contribution in [3.8, 4) is 0 Å². The van der Waals surface area contributed by atoms with Gasteiger partial charge in [0.25, 0.3) is 0 Å². The van der Waals surface area contributed by atoms with Crippen molar-refractivity contribution >= 4 is 0 Å². The normalized spacial score (nSPS) is 24.2. The Bertz CT molecular complexity index is 225. The molecule has 100 valence electrons. The Morgan fingerprint density at radius 3 is 2.53 bits per heavy atom. The van der Waals surface area contributed by atoms with Crippen LogP contribution < -0.4 is 0 Å². The molecule has 2 aliphatic heterocycles. The Labute approximate surface area is 105 Å². The Morgan fingerprint density at radius 2 is 1.88 bits per heavy atom. The van der Waals surface area contributed by atoms with Gasteiger partial charge < -0.3 is 14.4 Å². The summed E-state index contributed by atoms with van der Waals surface area (Å²) < 4.78 is 11.5. The summed E-state index contributed by atoms with van der Waals surface area (Å²) in [5, 5.41) is 0. The number of ether oxygens (including phenoxy) is 2. The zero-order valence-electron chi connectivity index (χ0n) is 11.3. The van der Waals surface area contributed by atoms with Gasteiger partial charge in [0.05, 0.1) is 19.8 Å². The van der Waals surface area contributed by atoms with Crippen LogP contribution in [0.2, 0.25) is 0 Å². The molecule has 0 aromatic carbocycles. The molecule has 4 heteroatoms. The molecule has 2 aliphatic rings. The molecule has 0 N–H and O–H groups in total. The molecule has 2 saturated heterocycles. The number of hydrogen-bond acceptors (Lipinski definition) is 4. The van der Waals surface area contributed by atoms with Gasteiger partial charge in [-0.15, -0.1) is 0 Å². The van der Waals surface area contributed by atoms with Crippen molar-refractivity contribution in [1.82, 2.24) is 9.80 Å². The van der Waals surface area contributed by atoms with Crippen molar-refractivity contribution in [3.63, 3.8) is 0 Å². The lowest BCUT2D eigenvalue weighted by Gasteiger charge is -2.23. The van der Waals surface area contributed by atoms with Crippen LogP contribution in [0.5, 0.6) is 0 Å². The second-order valence-corrected chi connectivity index (χ2v) is 5.01. The topological polar surface area (TPSA) is 24.9 Å². The summed E-state index contributed by atoms with van der Waals surface area (Å²) in [4.78, 5) is 4.96. The minimum Gasteiger partial charge on any atom is -0.346 e. The van der Waals surface area contributed by atoms with Crippen molar-refractivity contribution in [2.45, 2.75) is 32.5 Å². The third-order valence-electron chi connectivity index (χ3n) is 3.93. The zero-order valence-corrected chi connectivity index (χ0v) is 11.3. The monoisotopic (exact) mass is 242 g/mol. The first-order valence-corrected chi connectivity index (χ1v) is 7.00. The average molecular weight is 242 g/mol. The van der Waals surface area contributed by atoms with Crippen molar-refractivity contribution in [3.05, 3.63) is 0 Å². The van der Waals surface area contributed by atoms with E-state index < -0.39 is 0 Å². The summed E-state index contributed by atoms with van der Waals surface area (Å²) in [5.41, 5.74) is 0. The van der Waals surface area contributed by atoms with Crippen molar-refractivity contribution in [2.75, 3.05) is 52.5 Å². The maximum absolute atomic E-state index is 5.73. The highest BCUT2D eigenvalue weighted by Crippen LogP contribution is 2.30. The van der Waals surface area contributed by atoms with Crippen LogP contribution in [0.1, 0.15) is 26.7 Å². The molecule has 0 atom stereocenters. The molecule has 0 saturated carbocycles. The first-order chi connectivity index (χ1) is 8.28. The van der Waals surface area contributed by atoms with Crippen LogP contribution in [0.3, 0.4) is 0 Å². The highest BCUT2D eigenvalue weighted by molar-refractivity contribution is 4.86. The number of nitrogens with zero attached hydrogens (tertiary/aromatic N) is 2. The van der Waals surface area contributed by atoms with Crippen LogP contribution in [0.15, 0.2) is 0 Å². The van der Waals surface area contributed by atoms with Crippen molar-refractivity contribution < 1.29 is 9.47 Å². The van der Waals surface area contributed by atoms with Crippen molar-refractivity contribution in [2.24, 2.45) is 0 Å². The fourth-order valence-corrected chi connectivity index (χ4v) is 2.81. The van der Waals surface area contributed by atoms with E-state index in [0.29, 0.717) is 0 Å². The Kier molecular flexibility index (Phi) is 4.79. The van der Waals surface area contributed by atoms with Crippen LogP contribution in [-0.4, -0.2) is 68.1 Å². The summed E-state index contributed by atoms with van der Waals surface area (Å²) in [6.07, 6.45) is 2.29. The smallest absolute Gasteiger partial charge is 0.182 e. The fourth-order valence-electron chi connectivity index (χ4n) is 2.81. The third-order valence-corrected chi connectivity index (χ3v) is 3.93. The summed E-state index contributed by atoms with van der Waals surface area (Å²) in [6.45, 7) is 12.8. The average Bonchev–Trinajstić information content (AvgIpc) is 2.96. The first-order valence-electron chi connectivity index (χ1n) is 7.00. The molecule has 0 bridgehead atoms. The van der Waals surface area contributed by atoms with E-state index in [2.05, 4.69) is 23.6 Å². The third kappa shape index (κ3) is 3.41. The molecule has 17 heavy (non-hydrogen) atoms. The van der Waals surface area contributed by atoms with Crippen molar-refractivity contribution in [1.29, 1.82) is 0 Å². The predicted molar refractivity (Wildman–Crippen MR) is 68.1 cm³/mol. The second-order valence-electron chi connectivity index (χ2n) is 5.01. The molecule has 0 unspecified atom stereocenters. The molecular formula is C13H26N2O2. The van der Waals surface area contributed by atoms with Gasteiger partial charge in [0.15, 0.2) is 5.79 Å². The lowest BCUT2D eigenvalue weighted by atomic mass is 10.2. The molecule has 4 nitrogen and oxygen atoms in total. The summed E-state index contributed by atoms with van der Waals surface area (Å²) >= 11 is 0. The van der Waals surface area contributed by atoms with E-state index in [1.165, 1.54) is 19.5 Å². The molecule has 0 radical (unpaired) electrons. The zero-order chi connectivity index (χ0) is 12.1. The van der Waals surface area contributed by atoms with Crippen LogP contribution in [0.25, 0.3) is 0 Å². The maximum Gasteiger partial charge on any atom is 0.182 e. The van der Waals surface area contributed by atoms with Gasteiger partial charge in [0, 0.05) is 13.0 Å². The van der Waals surface area contributed by atoms with Crippen LogP contribution >= 0.6 is 0 Å². The summed E-state index contributed by atoms with van der Waals surface area (Å²) in [5.74, 6) is -0.241. The van der Waals surface area contributed by atoms with Gasteiger partial charge in [-0.2, -0.15) is 0 Å².